The first-order valence-electron chi connectivity index (χ1n) is 6.69. The second-order valence-corrected chi connectivity index (χ2v) is 6.87. The Hall–Kier alpha value is -1.77. The number of aliphatic imine (C=N–C) groups is 1. The predicted molar refractivity (Wildman–Crippen MR) is 101 cm³/mol. The van der Waals surface area contributed by atoms with Gasteiger partial charge >= 0.3 is 0 Å². The summed E-state index contributed by atoms with van der Waals surface area (Å²) in [6.45, 7) is 1.21. The van der Waals surface area contributed by atoms with Gasteiger partial charge in [-0.3, -0.25) is 0 Å². The van der Waals surface area contributed by atoms with Gasteiger partial charge in [-0.05, 0) is 5.41 Å². The van der Waals surface area contributed by atoms with E-state index in [0.29, 0.717) is 12.4 Å². The molecule has 0 saturated heterocycles. The lowest BCUT2D eigenvalue weighted by molar-refractivity contribution is 0.431. The second-order valence-electron chi connectivity index (χ2n) is 4.30. The number of nitrogens with two attached hydrogens (primary N) is 2. The van der Waals surface area contributed by atoms with E-state index in [-0.39, 0.29) is 11.5 Å². The lowest BCUT2D eigenvalue weighted by atomic mass is 10.5. The molecule has 0 spiro atoms. The van der Waals surface area contributed by atoms with Gasteiger partial charge in [0.15, 0.2) is 23.1 Å². The molecule has 124 valence electrons. The molecule has 0 radical (unpaired) electrons. The van der Waals surface area contributed by atoms with E-state index in [1.165, 1.54) is 0 Å². The van der Waals surface area contributed by atoms with E-state index in [9.17, 15) is 0 Å². The fourth-order valence-corrected chi connectivity index (χ4v) is 3.91. The number of aromatic nitrogens is 2. The van der Waals surface area contributed by atoms with Gasteiger partial charge in [-0.25, -0.2) is 4.99 Å². The number of hydrogen-bond donors (Lipinski definition) is 4. The molecule has 1 atom stereocenters. The molecule has 6 N–H and O–H groups in total. The van der Waals surface area contributed by atoms with E-state index in [1.54, 1.807) is 23.5 Å². The van der Waals surface area contributed by atoms with Gasteiger partial charge in [0.2, 0.25) is 0 Å². The second kappa shape index (κ2) is 9.39. The molecule has 0 saturated carbocycles. The van der Waals surface area contributed by atoms with Crippen molar-refractivity contribution in [3.05, 3.63) is 11.6 Å². The summed E-state index contributed by atoms with van der Waals surface area (Å²) >= 11 is 4.50. The number of guanidine groups is 1. The van der Waals surface area contributed by atoms with Crippen LogP contribution in [0.3, 0.4) is 0 Å². The first-order chi connectivity index (χ1) is 11.2. The van der Waals surface area contributed by atoms with E-state index in [0.717, 1.165) is 35.7 Å². The highest BCUT2D eigenvalue weighted by atomic mass is 32.2. The molecule has 1 aromatic heterocycles. The predicted octanol–water partition coefficient (Wildman–Crippen LogP) is 0.763. The monoisotopic (exact) mass is 370 g/mol. The van der Waals surface area contributed by atoms with Crippen molar-refractivity contribution in [2.75, 3.05) is 35.4 Å². The third-order valence-corrected chi connectivity index (χ3v) is 5.02. The topological polar surface area (TPSA) is 117 Å². The summed E-state index contributed by atoms with van der Waals surface area (Å²) in [6.07, 6.45) is 7.21. The molecule has 0 amide bonds. The number of rotatable bonds is 9. The first kappa shape index (κ1) is 17.6. The van der Waals surface area contributed by atoms with Crippen LogP contribution in [0.1, 0.15) is 0 Å². The summed E-state index contributed by atoms with van der Waals surface area (Å²) in [4.78, 5) is 6.25. The molecule has 0 aromatic carbocycles. The Morgan fingerprint density at radius 1 is 1.43 bits per heavy atom. The molecule has 0 fully saturated rings. The van der Waals surface area contributed by atoms with Crippen LogP contribution < -0.4 is 22.1 Å². The largest absolute Gasteiger partial charge is 0.370 e. The minimum Gasteiger partial charge on any atom is -0.370 e. The molecular weight excluding hydrogens is 352 g/mol. The van der Waals surface area contributed by atoms with Gasteiger partial charge < -0.3 is 27.0 Å². The van der Waals surface area contributed by atoms with Gasteiger partial charge in [-0.1, -0.05) is 17.7 Å². The normalized spacial score (nSPS) is 16.1. The maximum Gasteiger partial charge on any atom is 0.188 e. The highest BCUT2D eigenvalue weighted by molar-refractivity contribution is 8.03. The highest BCUT2D eigenvalue weighted by Crippen LogP contribution is 2.27. The van der Waals surface area contributed by atoms with Crippen LogP contribution in [0.25, 0.3) is 0 Å². The summed E-state index contributed by atoms with van der Waals surface area (Å²) < 4.78 is 8.35. The zero-order chi connectivity index (χ0) is 16.5. The zero-order valence-corrected chi connectivity index (χ0v) is 14.8. The van der Waals surface area contributed by atoms with Crippen LogP contribution in [0.15, 0.2) is 16.6 Å². The van der Waals surface area contributed by atoms with Crippen molar-refractivity contribution in [2.24, 2.45) is 16.5 Å². The minimum atomic E-state index is -0.0669. The van der Waals surface area contributed by atoms with Crippen LogP contribution in [0.5, 0.6) is 0 Å². The Kier molecular flexibility index (Phi) is 7.18. The van der Waals surface area contributed by atoms with Crippen molar-refractivity contribution >= 4 is 52.8 Å². The Labute approximate surface area is 147 Å². The molecule has 0 bridgehead atoms. The third kappa shape index (κ3) is 5.74. The lowest BCUT2D eigenvalue weighted by Crippen LogP contribution is -2.30. The van der Waals surface area contributed by atoms with Gasteiger partial charge in [-0.15, -0.1) is 18.2 Å². The molecule has 23 heavy (non-hydrogen) atoms. The molecule has 1 aliphatic heterocycles. The van der Waals surface area contributed by atoms with E-state index in [2.05, 4.69) is 35.2 Å². The first-order valence-corrected chi connectivity index (χ1v) is 9.51. The number of nitrogens with one attached hydrogen (secondary N) is 2. The van der Waals surface area contributed by atoms with Crippen LogP contribution in [-0.2, 0) is 0 Å². The summed E-state index contributed by atoms with van der Waals surface area (Å²) in [5.41, 5.74) is 10.8. The van der Waals surface area contributed by atoms with E-state index >= 15 is 0 Å². The summed E-state index contributed by atoms with van der Waals surface area (Å²) in [5, 5.41) is 8.26. The van der Waals surface area contributed by atoms with Crippen LogP contribution in [-0.4, -0.2) is 49.8 Å². The van der Waals surface area contributed by atoms with Gasteiger partial charge in [0, 0.05) is 18.5 Å². The molecule has 2 heterocycles. The lowest BCUT2D eigenvalue weighted by Gasteiger charge is -2.21. The summed E-state index contributed by atoms with van der Waals surface area (Å²) in [7, 11) is 0. The fourth-order valence-electron chi connectivity index (χ4n) is 1.64. The van der Waals surface area contributed by atoms with Gasteiger partial charge in [0.05, 0.1) is 24.1 Å². The number of thioether (sulfide) groups is 2. The van der Waals surface area contributed by atoms with Crippen LogP contribution in [0, 0.1) is 12.3 Å². The zero-order valence-electron chi connectivity index (χ0n) is 12.3. The van der Waals surface area contributed by atoms with Crippen molar-refractivity contribution < 1.29 is 0 Å². The minimum absolute atomic E-state index is 0.0669. The number of nitrogens with zero attached hydrogens (tertiary/aromatic N) is 4. The van der Waals surface area contributed by atoms with Crippen LogP contribution >= 0.6 is 35.3 Å². The summed E-state index contributed by atoms with van der Waals surface area (Å²) in [5.74, 6) is 5.77. The van der Waals surface area contributed by atoms with Crippen LogP contribution in [0.2, 0.25) is 0 Å². The number of anilines is 2. The smallest absolute Gasteiger partial charge is 0.188 e. The van der Waals surface area contributed by atoms with Crippen molar-refractivity contribution in [3.8, 4) is 12.3 Å². The SMILES string of the molecule is C#CCNc1nsnc1NCCSCN1C=CSC1N=C(N)N. The Morgan fingerprint density at radius 2 is 2.22 bits per heavy atom. The van der Waals surface area contributed by atoms with Gasteiger partial charge in [0.1, 0.15) is 0 Å². The third-order valence-electron chi connectivity index (χ3n) is 2.62. The van der Waals surface area contributed by atoms with Crippen molar-refractivity contribution in [3.63, 3.8) is 0 Å². The van der Waals surface area contributed by atoms with Crippen molar-refractivity contribution in [2.45, 2.75) is 5.50 Å². The Morgan fingerprint density at radius 3 is 2.96 bits per heavy atom. The number of terminal acetylenes is 1. The maximum atomic E-state index is 5.43. The van der Waals surface area contributed by atoms with E-state index < -0.39 is 0 Å². The molecule has 1 aliphatic rings. The highest BCUT2D eigenvalue weighted by Gasteiger charge is 2.18. The van der Waals surface area contributed by atoms with Crippen molar-refractivity contribution in [1.29, 1.82) is 0 Å². The molecule has 1 unspecified atom stereocenters. The summed E-state index contributed by atoms with van der Waals surface area (Å²) in [6, 6.07) is 0. The Bertz CT molecular complexity index is 589. The average molecular weight is 371 g/mol. The van der Waals surface area contributed by atoms with Crippen LogP contribution in [0.4, 0.5) is 11.6 Å². The maximum absolute atomic E-state index is 5.43. The average Bonchev–Trinajstić information content (AvgIpc) is 3.14. The number of hydrogen-bond acceptors (Lipinski definition) is 9. The molecule has 0 aliphatic carbocycles. The van der Waals surface area contributed by atoms with Gasteiger partial charge in [-0.2, -0.15) is 8.75 Å². The molecular formula is C12H18N8S3. The van der Waals surface area contributed by atoms with E-state index in [1.807, 2.05) is 11.6 Å². The molecule has 11 heteroatoms. The fraction of sp³-hybridized carbons (Fsp3) is 0.417. The molecule has 2 rings (SSSR count). The quantitative estimate of drug-likeness (QED) is 0.216. The van der Waals surface area contributed by atoms with Gasteiger partial charge in [0.25, 0.3) is 0 Å². The van der Waals surface area contributed by atoms with Crippen molar-refractivity contribution in [1.82, 2.24) is 13.6 Å². The molecule has 8 nitrogen and oxygen atoms in total. The molecule has 1 aromatic rings. The van der Waals surface area contributed by atoms with E-state index in [4.69, 9.17) is 17.9 Å². The standard InChI is InChI=1S/C12H18N8S3/c1-2-3-15-9-10(19-23-18-9)16-4-6-21-8-20-5-7-22-12(20)17-11(13)14/h1,5,7,12H,3-4,6,8H2,(H,15,18)(H,16,19)(H4,13,14,17). The Balaban J connectivity index is 1.66.